The minimum absolute atomic E-state index is 0. The summed E-state index contributed by atoms with van der Waals surface area (Å²) >= 11 is 0. The lowest BCUT2D eigenvalue weighted by atomic mass is 9.83. The number of aromatic nitrogens is 2. The molecule has 0 unspecified atom stereocenters. The highest BCUT2D eigenvalue weighted by atomic mass is 127. The first-order valence-electron chi connectivity index (χ1n) is 10.9. The maximum Gasteiger partial charge on any atom is 0.225 e. The van der Waals surface area contributed by atoms with Crippen LogP contribution in [0.2, 0.25) is 0 Å². The van der Waals surface area contributed by atoms with Crippen LogP contribution in [0.5, 0.6) is 0 Å². The van der Waals surface area contributed by atoms with Gasteiger partial charge in [-0.2, -0.15) is 0 Å². The van der Waals surface area contributed by atoms with Crippen molar-refractivity contribution in [2.45, 2.75) is 45.4 Å². The van der Waals surface area contributed by atoms with Crippen LogP contribution < -0.4 is 15.5 Å². The molecule has 0 amide bonds. The van der Waals surface area contributed by atoms with Gasteiger partial charge in [-0.3, -0.25) is 9.89 Å². The Kier molecular flexibility index (Phi) is 10.4. The summed E-state index contributed by atoms with van der Waals surface area (Å²) < 4.78 is 0. The third-order valence-electron chi connectivity index (χ3n) is 6.42. The van der Waals surface area contributed by atoms with E-state index in [2.05, 4.69) is 42.3 Å². The smallest absolute Gasteiger partial charge is 0.225 e. The lowest BCUT2D eigenvalue weighted by Crippen LogP contribution is -2.48. The molecule has 29 heavy (non-hydrogen) atoms. The fourth-order valence-electron chi connectivity index (χ4n) is 4.41. The van der Waals surface area contributed by atoms with Crippen molar-refractivity contribution in [2.24, 2.45) is 10.4 Å². The number of hydrogen-bond acceptors (Lipinski definition) is 5. The normalized spacial score (nSPS) is 19.7. The Bertz CT molecular complexity index is 596. The van der Waals surface area contributed by atoms with Gasteiger partial charge >= 0.3 is 0 Å². The van der Waals surface area contributed by atoms with E-state index in [1.54, 1.807) is 0 Å². The molecule has 0 spiro atoms. The van der Waals surface area contributed by atoms with Gasteiger partial charge in [0.2, 0.25) is 5.95 Å². The Hall–Kier alpha value is -1.16. The zero-order valence-electron chi connectivity index (χ0n) is 18.1. The molecule has 8 heteroatoms. The predicted octanol–water partition coefficient (Wildman–Crippen LogP) is 2.74. The van der Waals surface area contributed by atoms with Gasteiger partial charge in [0.25, 0.3) is 0 Å². The minimum atomic E-state index is 0. The molecule has 1 aliphatic heterocycles. The van der Waals surface area contributed by atoms with Gasteiger partial charge in [0.15, 0.2) is 5.96 Å². The summed E-state index contributed by atoms with van der Waals surface area (Å²) in [5.74, 6) is 1.80. The van der Waals surface area contributed by atoms with Gasteiger partial charge in [0, 0.05) is 58.7 Å². The van der Waals surface area contributed by atoms with Crippen LogP contribution in [0.1, 0.15) is 45.4 Å². The fourth-order valence-corrected chi connectivity index (χ4v) is 4.41. The average Bonchev–Trinajstić information content (AvgIpc) is 3.24. The summed E-state index contributed by atoms with van der Waals surface area (Å²) in [4.78, 5) is 17.9. The quantitative estimate of drug-likeness (QED) is 0.240. The summed E-state index contributed by atoms with van der Waals surface area (Å²) in [6, 6.07) is 1.87. The zero-order valence-corrected chi connectivity index (χ0v) is 20.4. The second kappa shape index (κ2) is 12.5. The molecule has 1 aromatic rings. The van der Waals surface area contributed by atoms with Crippen LogP contribution in [0.3, 0.4) is 0 Å². The van der Waals surface area contributed by atoms with Crippen LogP contribution in [0.4, 0.5) is 5.95 Å². The molecular weight excluding hydrogens is 477 g/mol. The van der Waals surface area contributed by atoms with E-state index in [9.17, 15) is 0 Å². The second-order valence-electron chi connectivity index (χ2n) is 8.14. The van der Waals surface area contributed by atoms with Gasteiger partial charge in [-0.15, -0.1) is 24.0 Å². The number of nitrogens with one attached hydrogen (secondary N) is 2. The summed E-state index contributed by atoms with van der Waals surface area (Å²) in [7, 11) is 1.87. The Morgan fingerprint density at radius 3 is 2.41 bits per heavy atom. The Labute approximate surface area is 193 Å². The van der Waals surface area contributed by atoms with Crippen LogP contribution in [-0.2, 0) is 0 Å². The van der Waals surface area contributed by atoms with Crippen molar-refractivity contribution >= 4 is 35.9 Å². The highest BCUT2D eigenvalue weighted by Crippen LogP contribution is 2.40. The molecular formula is C21H38IN7. The highest BCUT2D eigenvalue weighted by Gasteiger charge is 2.31. The molecule has 2 aliphatic rings. The monoisotopic (exact) mass is 515 g/mol. The van der Waals surface area contributed by atoms with Crippen LogP contribution in [0.25, 0.3) is 0 Å². The zero-order chi connectivity index (χ0) is 19.7. The first kappa shape index (κ1) is 24.1. The molecule has 0 radical (unpaired) electrons. The molecule has 0 bridgehead atoms. The van der Waals surface area contributed by atoms with Crippen molar-refractivity contribution in [1.82, 2.24) is 25.5 Å². The molecule has 164 valence electrons. The molecule has 1 aromatic heterocycles. The molecule has 1 aliphatic carbocycles. The van der Waals surface area contributed by atoms with Crippen LogP contribution >= 0.6 is 24.0 Å². The lowest BCUT2D eigenvalue weighted by molar-refractivity contribution is 0.254. The molecule has 1 saturated heterocycles. The summed E-state index contributed by atoms with van der Waals surface area (Å²) in [5, 5.41) is 7.06. The summed E-state index contributed by atoms with van der Waals surface area (Å²) in [6.07, 6.45) is 11.5. The van der Waals surface area contributed by atoms with Crippen molar-refractivity contribution in [3.05, 3.63) is 18.5 Å². The van der Waals surface area contributed by atoms with E-state index in [0.717, 1.165) is 64.1 Å². The van der Waals surface area contributed by atoms with Gasteiger partial charge in [0.05, 0.1) is 0 Å². The minimum Gasteiger partial charge on any atom is -0.356 e. The first-order chi connectivity index (χ1) is 13.7. The number of hydrogen-bond donors (Lipinski definition) is 2. The molecule has 3 rings (SSSR count). The van der Waals surface area contributed by atoms with Gasteiger partial charge in [-0.1, -0.05) is 19.8 Å². The average molecular weight is 515 g/mol. The third kappa shape index (κ3) is 7.24. The Morgan fingerprint density at radius 2 is 1.79 bits per heavy atom. The van der Waals surface area contributed by atoms with E-state index in [1.807, 2.05) is 25.5 Å². The maximum absolute atomic E-state index is 4.40. The number of rotatable bonds is 8. The fraction of sp³-hybridized carbons (Fsp3) is 0.762. The van der Waals surface area contributed by atoms with E-state index in [0.29, 0.717) is 5.41 Å². The van der Waals surface area contributed by atoms with Gasteiger partial charge < -0.3 is 15.5 Å². The van der Waals surface area contributed by atoms with Crippen molar-refractivity contribution in [1.29, 1.82) is 0 Å². The van der Waals surface area contributed by atoms with Crippen LogP contribution in [0, 0.1) is 5.41 Å². The Balaban J connectivity index is 0.00000300. The van der Waals surface area contributed by atoms with E-state index < -0.39 is 0 Å². The van der Waals surface area contributed by atoms with Crippen LogP contribution in [0.15, 0.2) is 23.5 Å². The number of guanidine groups is 1. The van der Waals surface area contributed by atoms with E-state index in [4.69, 9.17) is 0 Å². The van der Waals surface area contributed by atoms with E-state index in [-0.39, 0.29) is 24.0 Å². The number of nitrogens with zero attached hydrogens (tertiary/aromatic N) is 5. The van der Waals surface area contributed by atoms with Crippen LogP contribution in [-0.4, -0.2) is 73.7 Å². The van der Waals surface area contributed by atoms with Crippen molar-refractivity contribution in [3.63, 3.8) is 0 Å². The lowest BCUT2D eigenvalue weighted by Gasteiger charge is -2.34. The standard InChI is InChI=1S/C21H37N7.HI/c1-3-21(8-4-5-9-21)18-26-19(22-2)23-12-7-13-27-14-16-28(17-15-27)20-24-10-6-11-25-20;/h6,10-11H,3-5,7-9,12-18H2,1-2H3,(H2,22,23,26);1H. The SMILES string of the molecule is CCC1(CNC(=NC)NCCCN2CCN(c3ncccn3)CC2)CCCC1.I. The maximum atomic E-state index is 4.40. The predicted molar refractivity (Wildman–Crippen MR) is 131 cm³/mol. The van der Waals surface area contributed by atoms with Gasteiger partial charge in [0.1, 0.15) is 0 Å². The summed E-state index contributed by atoms with van der Waals surface area (Å²) in [6.45, 7) is 9.60. The molecule has 2 N–H and O–H groups in total. The number of halogens is 1. The van der Waals surface area contributed by atoms with Gasteiger partial charge in [-0.25, -0.2) is 9.97 Å². The number of piperazine rings is 1. The third-order valence-corrected chi connectivity index (χ3v) is 6.42. The molecule has 0 atom stereocenters. The van der Waals surface area contributed by atoms with E-state index >= 15 is 0 Å². The number of anilines is 1. The van der Waals surface area contributed by atoms with Crippen molar-refractivity contribution in [3.8, 4) is 0 Å². The molecule has 2 fully saturated rings. The van der Waals surface area contributed by atoms with E-state index in [1.165, 1.54) is 32.1 Å². The molecule has 1 saturated carbocycles. The summed E-state index contributed by atoms with van der Waals surface area (Å²) in [5.41, 5.74) is 0.486. The first-order valence-corrected chi connectivity index (χ1v) is 10.9. The van der Waals surface area contributed by atoms with Crippen molar-refractivity contribution in [2.75, 3.05) is 57.8 Å². The molecule has 7 nitrogen and oxygen atoms in total. The molecule has 2 heterocycles. The topological polar surface area (TPSA) is 68.7 Å². The highest BCUT2D eigenvalue weighted by molar-refractivity contribution is 14.0. The second-order valence-corrected chi connectivity index (χ2v) is 8.14. The number of aliphatic imine (C=N–C) groups is 1. The Morgan fingerprint density at radius 1 is 1.10 bits per heavy atom. The largest absolute Gasteiger partial charge is 0.356 e. The van der Waals surface area contributed by atoms with Crippen molar-refractivity contribution < 1.29 is 0 Å². The molecule has 0 aromatic carbocycles. The van der Waals surface area contributed by atoms with Gasteiger partial charge in [-0.05, 0) is 43.7 Å².